The third-order valence-electron chi connectivity index (χ3n) is 6.61. The Morgan fingerprint density at radius 1 is 0.861 bits per heavy atom. The Morgan fingerprint density at radius 3 is 2.14 bits per heavy atom. The summed E-state index contributed by atoms with van der Waals surface area (Å²) in [7, 11) is 0. The molecule has 4 rings (SSSR count). The van der Waals surface area contributed by atoms with Crippen LogP contribution in [0.3, 0.4) is 0 Å². The van der Waals surface area contributed by atoms with Crippen LogP contribution in [0.25, 0.3) is 0 Å². The van der Waals surface area contributed by atoms with Crippen LogP contribution in [-0.4, -0.2) is 35.4 Å². The lowest BCUT2D eigenvalue weighted by Crippen LogP contribution is -2.53. The predicted molar refractivity (Wildman–Crippen MR) is 143 cm³/mol. The quantitative estimate of drug-likeness (QED) is 0.379. The number of hydrogen-bond acceptors (Lipinski definition) is 3. The maximum Gasteiger partial charge on any atom is 0.261 e. The second kappa shape index (κ2) is 13.1. The Hall–Kier alpha value is -3.31. The molecule has 1 aliphatic rings. The summed E-state index contributed by atoms with van der Waals surface area (Å²) in [5.41, 5.74) is 1.95. The van der Waals surface area contributed by atoms with Crippen molar-refractivity contribution in [1.82, 2.24) is 10.2 Å². The first-order valence-electron chi connectivity index (χ1n) is 12.6. The molecule has 0 aromatic heterocycles. The molecule has 0 saturated heterocycles. The standard InChI is InChI=1S/C30H33ClN2O3/c31-26-18-10-11-19-28(26)36-22-29(34)33(21-24-14-6-2-7-15-24)27(20-23-12-4-1-5-13-23)30(35)32-25-16-8-3-9-17-25/h1-2,4-7,10-15,18-19,25,27H,3,8-9,16-17,20-22H2,(H,32,35)/t27-/m0/s1. The number of amides is 2. The molecule has 2 amide bonds. The van der Waals surface area contributed by atoms with Crippen LogP contribution in [0.2, 0.25) is 5.02 Å². The Kier molecular flexibility index (Phi) is 9.40. The highest BCUT2D eigenvalue weighted by Gasteiger charge is 2.32. The molecule has 1 saturated carbocycles. The molecule has 0 spiro atoms. The van der Waals surface area contributed by atoms with E-state index >= 15 is 0 Å². The van der Waals surface area contributed by atoms with Crippen molar-refractivity contribution >= 4 is 23.4 Å². The Morgan fingerprint density at radius 2 is 1.47 bits per heavy atom. The summed E-state index contributed by atoms with van der Waals surface area (Å²) in [6, 6.07) is 26.1. The molecule has 188 valence electrons. The van der Waals surface area contributed by atoms with Crippen LogP contribution in [0, 0.1) is 0 Å². The molecule has 36 heavy (non-hydrogen) atoms. The van der Waals surface area contributed by atoms with Crippen LogP contribution < -0.4 is 10.1 Å². The van der Waals surface area contributed by atoms with Crippen molar-refractivity contribution < 1.29 is 14.3 Å². The lowest BCUT2D eigenvalue weighted by molar-refractivity contribution is -0.143. The molecule has 5 nitrogen and oxygen atoms in total. The molecule has 0 bridgehead atoms. The molecule has 6 heteroatoms. The summed E-state index contributed by atoms with van der Waals surface area (Å²) in [5, 5.41) is 3.69. The van der Waals surface area contributed by atoms with E-state index in [1.165, 1.54) is 6.42 Å². The summed E-state index contributed by atoms with van der Waals surface area (Å²) in [6.45, 7) is 0.0969. The minimum Gasteiger partial charge on any atom is -0.482 e. The number of benzene rings is 3. The third-order valence-corrected chi connectivity index (χ3v) is 6.92. The van der Waals surface area contributed by atoms with Crippen molar-refractivity contribution in [3.8, 4) is 5.75 Å². The van der Waals surface area contributed by atoms with E-state index < -0.39 is 6.04 Å². The topological polar surface area (TPSA) is 58.6 Å². The number of para-hydroxylation sites is 1. The van der Waals surface area contributed by atoms with Gasteiger partial charge in [0.25, 0.3) is 5.91 Å². The Labute approximate surface area is 218 Å². The maximum atomic E-state index is 13.7. The Balaban J connectivity index is 1.59. The van der Waals surface area contributed by atoms with Crippen LogP contribution >= 0.6 is 11.6 Å². The van der Waals surface area contributed by atoms with Gasteiger partial charge in [-0.2, -0.15) is 0 Å². The zero-order valence-electron chi connectivity index (χ0n) is 20.4. The SMILES string of the molecule is O=C(NC1CCCCC1)[C@H](Cc1ccccc1)N(Cc1ccccc1)C(=O)COc1ccccc1Cl. The molecule has 0 aliphatic heterocycles. The Bertz CT molecular complexity index is 1120. The first kappa shape index (κ1) is 25.8. The smallest absolute Gasteiger partial charge is 0.261 e. The molecule has 1 N–H and O–H groups in total. The number of rotatable bonds is 10. The molecule has 0 radical (unpaired) electrons. The van der Waals surface area contributed by atoms with Crippen molar-refractivity contribution in [1.29, 1.82) is 0 Å². The minimum absolute atomic E-state index is 0.118. The van der Waals surface area contributed by atoms with Crippen molar-refractivity contribution in [2.75, 3.05) is 6.61 Å². The average molecular weight is 505 g/mol. The van der Waals surface area contributed by atoms with Crippen molar-refractivity contribution in [2.45, 2.75) is 57.2 Å². The molecule has 1 atom stereocenters. The van der Waals surface area contributed by atoms with Gasteiger partial charge in [0.15, 0.2) is 6.61 Å². The molecule has 3 aromatic rings. The number of nitrogens with zero attached hydrogens (tertiary/aromatic N) is 1. The summed E-state index contributed by atoms with van der Waals surface area (Å²) < 4.78 is 5.79. The number of carbonyl (C=O) groups is 2. The lowest BCUT2D eigenvalue weighted by Gasteiger charge is -2.33. The van der Waals surface area contributed by atoms with E-state index in [1.54, 1.807) is 17.0 Å². The van der Waals surface area contributed by atoms with Gasteiger partial charge >= 0.3 is 0 Å². The normalized spacial score (nSPS) is 14.6. The summed E-state index contributed by atoms with van der Waals surface area (Å²) in [5.74, 6) is 0.0599. The van der Waals surface area contributed by atoms with E-state index in [0.29, 0.717) is 23.7 Å². The van der Waals surface area contributed by atoms with E-state index in [0.717, 1.165) is 36.8 Å². The number of ether oxygens (including phenoxy) is 1. The zero-order valence-corrected chi connectivity index (χ0v) is 21.2. The second-order valence-corrected chi connectivity index (χ2v) is 9.68. The largest absolute Gasteiger partial charge is 0.482 e. The first-order valence-corrected chi connectivity index (χ1v) is 13.0. The fourth-order valence-electron chi connectivity index (χ4n) is 4.66. The molecule has 1 fully saturated rings. The lowest BCUT2D eigenvalue weighted by atomic mass is 9.94. The van der Waals surface area contributed by atoms with Gasteiger partial charge in [0.2, 0.25) is 5.91 Å². The number of nitrogens with one attached hydrogen (secondary N) is 1. The molecule has 3 aromatic carbocycles. The average Bonchev–Trinajstić information content (AvgIpc) is 2.91. The predicted octanol–water partition coefficient (Wildman–Crippen LogP) is 5.81. The zero-order chi connectivity index (χ0) is 25.2. The fourth-order valence-corrected chi connectivity index (χ4v) is 4.85. The highest BCUT2D eigenvalue weighted by Crippen LogP contribution is 2.24. The van der Waals surface area contributed by atoms with Gasteiger partial charge in [0.05, 0.1) is 5.02 Å². The van der Waals surface area contributed by atoms with Gasteiger partial charge < -0.3 is 15.0 Å². The monoisotopic (exact) mass is 504 g/mol. The molecular formula is C30H33ClN2O3. The maximum absolute atomic E-state index is 13.7. The van der Waals surface area contributed by atoms with Crippen LogP contribution in [0.5, 0.6) is 5.75 Å². The van der Waals surface area contributed by atoms with Crippen LogP contribution in [0.15, 0.2) is 84.9 Å². The molecule has 0 heterocycles. The van der Waals surface area contributed by atoms with Gasteiger partial charge in [-0.05, 0) is 36.1 Å². The van der Waals surface area contributed by atoms with E-state index in [-0.39, 0.29) is 24.5 Å². The summed E-state index contributed by atoms with van der Waals surface area (Å²) in [4.78, 5) is 29.0. The summed E-state index contributed by atoms with van der Waals surface area (Å²) in [6.07, 6.45) is 5.82. The van der Waals surface area contributed by atoms with Gasteiger partial charge in [-0.1, -0.05) is 104 Å². The second-order valence-electron chi connectivity index (χ2n) is 9.28. The van der Waals surface area contributed by atoms with Gasteiger partial charge in [0, 0.05) is 19.0 Å². The highest BCUT2D eigenvalue weighted by atomic mass is 35.5. The van der Waals surface area contributed by atoms with Gasteiger partial charge in [0.1, 0.15) is 11.8 Å². The van der Waals surface area contributed by atoms with E-state index in [1.807, 2.05) is 72.8 Å². The minimum atomic E-state index is -0.670. The van der Waals surface area contributed by atoms with E-state index in [4.69, 9.17) is 16.3 Å². The molecular weight excluding hydrogens is 472 g/mol. The third kappa shape index (κ3) is 7.34. The van der Waals surface area contributed by atoms with Crippen LogP contribution in [0.1, 0.15) is 43.2 Å². The number of carbonyl (C=O) groups excluding carboxylic acids is 2. The van der Waals surface area contributed by atoms with Crippen LogP contribution in [0.4, 0.5) is 0 Å². The molecule has 0 unspecified atom stereocenters. The molecule has 1 aliphatic carbocycles. The number of halogens is 1. The van der Waals surface area contributed by atoms with Gasteiger partial charge in [-0.15, -0.1) is 0 Å². The van der Waals surface area contributed by atoms with Crippen molar-refractivity contribution in [3.63, 3.8) is 0 Å². The number of hydrogen-bond donors (Lipinski definition) is 1. The van der Waals surface area contributed by atoms with Gasteiger partial charge in [-0.3, -0.25) is 9.59 Å². The fraction of sp³-hybridized carbons (Fsp3) is 0.333. The van der Waals surface area contributed by atoms with E-state index in [9.17, 15) is 9.59 Å². The van der Waals surface area contributed by atoms with Crippen LogP contribution in [-0.2, 0) is 22.6 Å². The first-order chi connectivity index (χ1) is 17.6. The van der Waals surface area contributed by atoms with Gasteiger partial charge in [-0.25, -0.2) is 0 Å². The summed E-state index contributed by atoms with van der Waals surface area (Å²) >= 11 is 6.23. The van der Waals surface area contributed by atoms with E-state index in [2.05, 4.69) is 5.32 Å². The highest BCUT2D eigenvalue weighted by molar-refractivity contribution is 6.32. The van der Waals surface area contributed by atoms with Crippen molar-refractivity contribution in [2.24, 2.45) is 0 Å². The van der Waals surface area contributed by atoms with Crippen molar-refractivity contribution in [3.05, 3.63) is 101 Å².